The average Bonchev–Trinajstić information content (AvgIpc) is 2.75. The van der Waals surface area contributed by atoms with E-state index in [2.05, 4.69) is 58.1 Å². The molecule has 162 valence electrons. The van der Waals surface area contributed by atoms with E-state index >= 15 is 0 Å². The van der Waals surface area contributed by atoms with E-state index in [1.165, 1.54) is 16.7 Å². The van der Waals surface area contributed by atoms with Crippen LogP contribution >= 0.6 is 24.0 Å². The van der Waals surface area contributed by atoms with E-state index in [-0.39, 0.29) is 36.4 Å². The van der Waals surface area contributed by atoms with Gasteiger partial charge in [0.05, 0.1) is 19.7 Å². The van der Waals surface area contributed by atoms with Crippen LogP contribution in [0.3, 0.4) is 0 Å². The number of rotatable bonds is 6. The van der Waals surface area contributed by atoms with E-state index in [1.54, 1.807) is 19.0 Å². The van der Waals surface area contributed by atoms with Crippen molar-refractivity contribution < 1.29 is 9.53 Å². The van der Waals surface area contributed by atoms with Gasteiger partial charge in [-0.25, -0.2) is 4.99 Å². The summed E-state index contributed by atoms with van der Waals surface area (Å²) >= 11 is 0. The molecule has 0 aromatic heterocycles. The smallest absolute Gasteiger partial charge is 0.241 e. The lowest BCUT2D eigenvalue weighted by atomic mass is 9.98. The minimum Gasteiger partial charge on any atom is -0.493 e. The van der Waals surface area contributed by atoms with Gasteiger partial charge in [0, 0.05) is 20.6 Å². The van der Waals surface area contributed by atoms with Crippen LogP contribution in [0.4, 0.5) is 0 Å². The van der Waals surface area contributed by atoms with Gasteiger partial charge in [-0.3, -0.25) is 4.79 Å². The van der Waals surface area contributed by atoms with Crippen molar-refractivity contribution in [2.24, 2.45) is 4.99 Å². The predicted molar refractivity (Wildman–Crippen MR) is 133 cm³/mol. The topological polar surface area (TPSA) is 66.0 Å². The standard InChI is InChI=1S/C23H30N4O2.HI/c1-4-24-23(26-16-22(28)27(2)3)25-15-17-7-9-18(10-8-17)19-11-12-21-20(14-19)6-5-13-29-21;/h7-12,14H,4-6,13,15-16H2,1-3H3,(H2,24,25,26);1H. The highest BCUT2D eigenvalue weighted by atomic mass is 127. The molecule has 0 spiro atoms. The maximum Gasteiger partial charge on any atom is 0.241 e. The number of carbonyl (C=O) groups is 1. The number of nitrogens with zero attached hydrogens (tertiary/aromatic N) is 2. The lowest BCUT2D eigenvalue weighted by Gasteiger charge is -2.18. The highest BCUT2D eigenvalue weighted by Crippen LogP contribution is 2.30. The number of ether oxygens (including phenoxy) is 1. The van der Waals surface area contributed by atoms with E-state index in [0.717, 1.165) is 37.3 Å². The van der Waals surface area contributed by atoms with Crippen LogP contribution in [0.2, 0.25) is 0 Å². The molecule has 7 heteroatoms. The minimum atomic E-state index is 0. The number of aryl methyl sites for hydroxylation is 1. The molecule has 0 radical (unpaired) electrons. The first-order chi connectivity index (χ1) is 14.1. The number of guanidine groups is 1. The summed E-state index contributed by atoms with van der Waals surface area (Å²) in [5, 5.41) is 6.24. The second-order valence-electron chi connectivity index (χ2n) is 7.31. The van der Waals surface area contributed by atoms with Crippen LogP contribution in [0.25, 0.3) is 11.1 Å². The number of amides is 1. The first-order valence-corrected chi connectivity index (χ1v) is 10.1. The normalized spacial score (nSPS) is 12.8. The third kappa shape index (κ3) is 6.62. The van der Waals surface area contributed by atoms with Gasteiger partial charge in [0.1, 0.15) is 5.75 Å². The molecule has 1 aliphatic heterocycles. The quantitative estimate of drug-likeness (QED) is 0.347. The number of carbonyl (C=O) groups excluding carboxylic acids is 1. The van der Waals surface area contributed by atoms with Gasteiger partial charge in [0.2, 0.25) is 5.91 Å². The van der Waals surface area contributed by atoms with Gasteiger partial charge in [0.15, 0.2) is 5.96 Å². The fourth-order valence-corrected chi connectivity index (χ4v) is 3.17. The molecule has 2 aromatic rings. The van der Waals surface area contributed by atoms with Crippen molar-refractivity contribution in [3.8, 4) is 16.9 Å². The van der Waals surface area contributed by atoms with E-state index < -0.39 is 0 Å². The lowest BCUT2D eigenvalue weighted by Crippen LogP contribution is -2.42. The Labute approximate surface area is 196 Å². The Morgan fingerprint density at radius 2 is 1.83 bits per heavy atom. The van der Waals surface area contributed by atoms with E-state index in [4.69, 9.17) is 4.74 Å². The zero-order valence-electron chi connectivity index (χ0n) is 17.9. The Kier molecular flexibility index (Phi) is 9.42. The Morgan fingerprint density at radius 3 is 2.53 bits per heavy atom. The fourth-order valence-electron chi connectivity index (χ4n) is 3.17. The van der Waals surface area contributed by atoms with Crippen LogP contribution in [0.1, 0.15) is 24.5 Å². The number of aliphatic imine (C=N–C) groups is 1. The summed E-state index contributed by atoms with van der Waals surface area (Å²) in [7, 11) is 3.48. The molecular formula is C23H31IN4O2. The second kappa shape index (κ2) is 11.8. The van der Waals surface area contributed by atoms with Gasteiger partial charge in [-0.05, 0) is 54.2 Å². The Balaban J connectivity index is 0.00000320. The maximum atomic E-state index is 11.8. The number of halogens is 1. The van der Waals surface area contributed by atoms with Crippen LogP contribution in [-0.4, -0.2) is 50.6 Å². The zero-order valence-corrected chi connectivity index (χ0v) is 20.2. The molecule has 0 unspecified atom stereocenters. The summed E-state index contributed by atoms with van der Waals surface area (Å²) in [5.41, 5.74) is 4.80. The van der Waals surface area contributed by atoms with Crippen LogP contribution in [-0.2, 0) is 17.8 Å². The molecule has 30 heavy (non-hydrogen) atoms. The van der Waals surface area contributed by atoms with Crippen molar-refractivity contribution in [3.63, 3.8) is 0 Å². The molecule has 0 atom stereocenters. The molecule has 3 rings (SSSR count). The highest BCUT2D eigenvalue weighted by Gasteiger charge is 2.11. The van der Waals surface area contributed by atoms with Crippen molar-refractivity contribution >= 4 is 35.8 Å². The second-order valence-corrected chi connectivity index (χ2v) is 7.31. The van der Waals surface area contributed by atoms with Gasteiger partial charge < -0.3 is 20.3 Å². The molecule has 2 aromatic carbocycles. The average molecular weight is 522 g/mol. The van der Waals surface area contributed by atoms with Crippen molar-refractivity contribution in [3.05, 3.63) is 53.6 Å². The van der Waals surface area contributed by atoms with Crippen LogP contribution in [0, 0.1) is 0 Å². The van der Waals surface area contributed by atoms with Gasteiger partial charge >= 0.3 is 0 Å². The van der Waals surface area contributed by atoms with Gasteiger partial charge in [-0.15, -0.1) is 24.0 Å². The van der Waals surface area contributed by atoms with E-state index in [0.29, 0.717) is 12.5 Å². The third-order valence-corrected chi connectivity index (χ3v) is 4.87. The number of likely N-dealkylation sites (N-methyl/N-ethyl adjacent to an activating group) is 1. The van der Waals surface area contributed by atoms with Gasteiger partial charge in [-0.2, -0.15) is 0 Å². The van der Waals surface area contributed by atoms with E-state index in [1.807, 2.05) is 6.92 Å². The fraction of sp³-hybridized carbons (Fsp3) is 0.391. The molecule has 1 amide bonds. The number of fused-ring (bicyclic) bond motifs is 1. The minimum absolute atomic E-state index is 0. The molecule has 2 N–H and O–H groups in total. The summed E-state index contributed by atoms with van der Waals surface area (Å²) in [4.78, 5) is 17.9. The summed E-state index contributed by atoms with van der Waals surface area (Å²) in [5.74, 6) is 1.67. The lowest BCUT2D eigenvalue weighted by molar-refractivity contribution is -0.127. The monoisotopic (exact) mass is 522 g/mol. The molecule has 0 fully saturated rings. The van der Waals surface area contributed by atoms with Crippen LogP contribution < -0.4 is 15.4 Å². The van der Waals surface area contributed by atoms with E-state index in [9.17, 15) is 4.79 Å². The largest absolute Gasteiger partial charge is 0.493 e. The van der Waals surface area contributed by atoms with Gasteiger partial charge in [-0.1, -0.05) is 30.3 Å². The summed E-state index contributed by atoms with van der Waals surface area (Å²) in [6.07, 6.45) is 2.15. The molecular weight excluding hydrogens is 491 g/mol. The predicted octanol–water partition coefficient (Wildman–Crippen LogP) is 3.44. The van der Waals surface area contributed by atoms with Crippen LogP contribution in [0.5, 0.6) is 5.75 Å². The van der Waals surface area contributed by atoms with Crippen molar-refractivity contribution in [2.75, 3.05) is 33.8 Å². The summed E-state index contributed by atoms with van der Waals surface area (Å²) < 4.78 is 5.70. The number of hydrogen-bond acceptors (Lipinski definition) is 3. The SMILES string of the molecule is CCNC(=NCc1ccc(-c2ccc3c(c2)CCCO3)cc1)NCC(=O)N(C)C.I. The van der Waals surface area contributed by atoms with Crippen LogP contribution in [0.15, 0.2) is 47.5 Å². The number of benzene rings is 2. The van der Waals surface area contributed by atoms with Gasteiger partial charge in [0.25, 0.3) is 0 Å². The Bertz CT molecular complexity index is 866. The number of nitrogens with one attached hydrogen (secondary N) is 2. The molecule has 0 saturated carbocycles. The molecule has 1 heterocycles. The summed E-state index contributed by atoms with van der Waals surface area (Å²) in [6, 6.07) is 14.9. The molecule has 0 bridgehead atoms. The molecule has 1 aliphatic rings. The molecule has 6 nitrogen and oxygen atoms in total. The van der Waals surface area contributed by atoms with Crippen molar-refractivity contribution in [2.45, 2.75) is 26.3 Å². The molecule has 0 saturated heterocycles. The Hall–Kier alpha value is -2.29. The maximum absolute atomic E-state index is 11.8. The van der Waals surface area contributed by atoms with Crippen molar-refractivity contribution in [1.82, 2.24) is 15.5 Å². The third-order valence-electron chi connectivity index (χ3n) is 4.87. The number of hydrogen-bond donors (Lipinski definition) is 2. The first-order valence-electron chi connectivity index (χ1n) is 10.1. The Morgan fingerprint density at radius 1 is 1.10 bits per heavy atom. The first kappa shape index (κ1) is 24.0. The highest BCUT2D eigenvalue weighted by molar-refractivity contribution is 14.0. The van der Waals surface area contributed by atoms with Crippen molar-refractivity contribution in [1.29, 1.82) is 0 Å². The molecule has 0 aliphatic carbocycles. The summed E-state index contributed by atoms with van der Waals surface area (Å²) in [6.45, 7) is 4.32. The zero-order chi connectivity index (χ0) is 20.6.